The molecule has 5 nitrogen and oxygen atoms in total. The van der Waals surface area contributed by atoms with Crippen molar-refractivity contribution in [3.8, 4) is 5.69 Å². The molecule has 0 fully saturated rings. The first-order valence-corrected chi connectivity index (χ1v) is 5.28. The minimum absolute atomic E-state index is 0.135. The van der Waals surface area contributed by atoms with Gasteiger partial charge in [-0.25, -0.2) is 4.68 Å². The summed E-state index contributed by atoms with van der Waals surface area (Å²) >= 11 is 3.33. The lowest BCUT2D eigenvalue weighted by atomic mass is 10.3. The van der Waals surface area contributed by atoms with Crippen molar-refractivity contribution < 1.29 is 4.79 Å². The molecule has 16 heavy (non-hydrogen) atoms. The van der Waals surface area contributed by atoms with Crippen molar-refractivity contribution in [3.05, 3.63) is 34.3 Å². The Balaban J connectivity index is 2.56. The van der Waals surface area contributed by atoms with Crippen LogP contribution in [-0.2, 0) is 0 Å². The fourth-order valence-corrected chi connectivity index (χ4v) is 1.62. The van der Waals surface area contributed by atoms with E-state index in [9.17, 15) is 4.79 Å². The number of carbonyl (C=O) groups is 1. The Hall–Kier alpha value is -1.82. The number of rotatable bonds is 2. The molecule has 6 heteroatoms. The number of hydrogen-bond donors (Lipinski definition) is 2. The number of nitrogen functional groups attached to an aromatic ring is 2. The Morgan fingerprint density at radius 3 is 2.38 bits per heavy atom. The van der Waals surface area contributed by atoms with Crippen LogP contribution in [0.4, 0.5) is 11.6 Å². The van der Waals surface area contributed by atoms with E-state index >= 15 is 0 Å². The molecule has 0 aliphatic rings. The van der Waals surface area contributed by atoms with E-state index < -0.39 is 0 Å². The van der Waals surface area contributed by atoms with E-state index in [0.717, 1.165) is 10.2 Å². The quantitative estimate of drug-likeness (QED) is 0.819. The first-order chi connectivity index (χ1) is 7.63. The largest absolute Gasteiger partial charge is 0.383 e. The maximum Gasteiger partial charge on any atom is 0.158 e. The van der Waals surface area contributed by atoms with Gasteiger partial charge in [0.2, 0.25) is 0 Å². The SMILES string of the molecule is Nc1nn(-c2ccc(Br)cc2)c(N)c1C=O. The van der Waals surface area contributed by atoms with Gasteiger partial charge in [-0.05, 0) is 24.3 Å². The van der Waals surface area contributed by atoms with Crippen LogP contribution in [-0.4, -0.2) is 16.1 Å². The topological polar surface area (TPSA) is 86.9 Å². The molecule has 0 atom stereocenters. The first kappa shape index (κ1) is 10.7. The first-order valence-electron chi connectivity index (χ1n) is 4.48. The Bertz CT molecular complexity index is 532. The Kier molecular flexibility index (Phi) is 2.66. The minimum atomic E-state index is 0.135. The van der Waals surface area contributed by atoms with Crippen LogP contribution in [0, 0.1) is 0 Å². The molecular weight excluding hydrogens is 272 g/mol. The molecule has 4 N–H and O–H groups in total. The zero-order valence-electron chi connectivity index (χ0n) is 8.22. The fraction of sp³-hybridized carbons (Fsp3) is 0. The second kappa shape index (κ2) is 3.97. The zero-order valence-corrected chi connectivity index (χ0v) is 9.81. The van der Waals surface area contributed by atoms with Crippen molar-refractivity contribution in [3.63, 3.8) is 0 Å². The van der Waals surface area contributed by atoms with E-state index in [4.69, 9.17) is 11.5 Å². The number of anilines is 2. The average Bonchev–Trinajstić information content (AvgIpc) is 2.55. The summed E-state index contributed by atoms with van der Waals surface area (Å²) in [6.07, 6.45) is 0.604. The number of aldehydes is 1. The summed E-state index contributed by atoms with van der Waals surface area (Å²) in [6.45, 7) is 0. The average molecular weight is 281 g/mol. The number of benzene rings is 1. The highest BCUT2D eigenvalue weighted by atomic mass is 79.9. The number of hydrogen-bond acceptors (Lipinski definition) is 4. The molecule has 0 saturated carbocycles. The van der Waals surface area contributed by atoms with E-state index in [1.54, 1.807) is 0 Å². The van der Waals surface area contributed by atoms with Crippen LogP contribution in [0.2, 0.25) is 0 Å². The molecule has 82 valence electrons. The number of nitrogens with zero attached hydrogens (tertiary/aromatic N) is 2. The molecule has 0 amide bonds. The zero-order chi connectivity index (χ0) is 11.7. The molecule has 0 unspecified atom stereocenters. The van der Waals surface area contributed by atoms with E-state index in [0.29, 0.717) is 6.29 Å². The van der Waals surface area contributed by atoms with Crippen molar-refractivity contribution in [2.75, 3.05) is 11.5 Å². The van der Waals surface area contributed by atoms with Gasteiger partial charge in [0, 0.05) is 4.47 Å². The van der Waals surface area contributed by atoms with Gasteiger partial charge in [0.25, 0.3) is 0 Å². The van der Waals surface area contributed by atoms with Gasteiger partial charge in [-0.15, -0.1) is 5.10 Å². The third-order valence-corrected chi connectivity index (χ3v) is 2.71. The number of nitrogens with two attached hydrogens (primary N) is 2. The molecule has 0 aliphatic carbocycles. The van der Waals surface area contributed by atoms with Crippen LogP contribution in [0.5, 0.6) is 0 Å². The van der Waals surface area contributed by atoms with Gasteiger partial charge in [-0.1, -0.05) is 15.9 Å². The van der Waals surface area contributed by atoms with E-state index in [-0.39, 0.29) is 17.2 Å². The lowest BCUT2D eigenvalue weighted by molar-refractivity contribution is 0.112. The molecule has 0 radical (unpaired) electrons. The summed E-state index contributed by atoms with van der Waals surface area (Å²) in [7, 11) is 0. The fourth-order valence-electron chi connectivity index (χ4n) is 1.36. The van der Waals surface area contributed by atoms with Gasteiger partial charge in [0.05, 0.1) is 5.69 Å². The maximum atomic E-state index is 10.7. The molecule has 0 spiro atoms. The molecule has 1 heterocycles. The minimum Gasteiger partial charge on any atom is -0.383 e. The van der Waals surface area contributed by atoms with Gasteiger partial charge >= 0.3 is 0 Å². The molecule has 0 saturated heterocycles. The smallest absolute Gasteiger partial charge is 0.158 e. The summed E-state index contributed by atoms with van der Waals surface area (Å²) in [5, 5.41) is 4.00. The lowest BCUT2D eigenvalue weighted by Gasteiger charge is -2.03. The molecule has 0 bridgehead atoms. The molecule has 1 aromatic heterocycles. The summed E-state index contributed by atoms with van der Waals surface area (Å²) in [6, 6.07) is 7.35. The molecule has 0 aliphatic heterocycles. The molecule has 2 rings (SSSR count). The molecular formula is C10H9BrN4O. The van der Waals surface area contributed by atoms with E-state index in [1.807, 2.05) is 24.3 Å². The normalized spacial score (nSPS) is 10.3. The van der Waals surface area contributed by atoms with Crippen LogP contribution in [0.25, 0.3) is 5.69 Å². The second-order valence-corrected chi connectivity index (χ2v) is 4.11. The summed E-state index contributed by atoms with van der Waals surface area (Å²) in [4.78, 5) is 10.7. The van der Waals surface area contributed by atoms with Crippen LogP contribution in [0.15, 0.2) is 28.7 Å². The Morgan fingerprint density at radius 1 is 1.25 bits per heavy atom. The van der Waals surface area contributed by atoms with Gasteiger partial charge in [-0.3, -0.25) is 4.79 Å². The van der Waals surface area contributed by atoms with Crippen LogP contribution in [0.1, 0.15) is 10.4 Å². The number of halogens is 1. The van der Waals surface area contributed by atoms with Crippen molar-refractivity contribution in [2.45, 2.75) is 0 Å². The predicted octanol–water partition coefficient (Wildman–Crippen LogP) is 1.61. The van der Waals surface area contributed by atoms with Gasteiger partial charge < -0.3 is 11.5 Å². The molecule has 2 aromatic rings. The Labute approximate surface area is 100 Å². The van der Waals surface area contributed by atoms with Gasteiger partial charge in [0.15, 0.2) is 12.1 Å². The highest BCUT2D eigenvalue weighted by Gasteiger charge is 2.13. The van der Waals surface area contributed by atoms with Crippen LogP contribution in [0.3, 0.4) is 0 Å². The standard InChI is InChI=1S/C10H9BrN4O/c11-6-1-3-7(4-2-6)15-10(13)8(5-16)9(12)14-15/h1-5H,13H2,(H2,12,14). The highest BCUT2D eigenvalue weighted by Crippen LogP contribution is 2.22. The van der Waals surface area contributed by atoms with Crippen molar-refractivity contribution in [1.29, 1.82) is 0 Å². The molecule has 1 aromatic carbocycles. The summed E-state index contributed by atoms with van der Waals surface area (Å²) < 4.78 is 2.39. The predicted molar refractivity (Wildman–Crippen MR) is 65.5 cm³/mol. The second-order valence-electron chi connectivity index (χ2n) is 3.19. The van der Waals surface area contributed by atoms with Crippen molar-refractivity contribution in [1.82, 2.24) is 9.78 Å². The lowest BCUT2D eigenvalue weighted by Crippen LogP contribution is -2.02. The Morgan fingerprint density at radius 2 is 1.88 bits per heavy atom. The van der Waals surface area contributed by atoms with Crippen LogP contribution >= 0.6 is 15.9 Å². The van der Waals surface area contributed by atoms with Gasteiger partial charge in [0.1, 0.15) is 11.4 Å². The monoisotopic (exact) mass is 280 g/mol. The maximum absolute atomic E-state index is 10.7. The third kappa shape index (κ3) is 1.67. The summed E-state index contributed by atoms with van der Waals surface area (Å²) in [5.74, 6) is 0.380. The number of aromatic nitrogens is 2. The number of carbonyl (C=O) groups excluding carboxylic acids is 1. The van der Waals surface area contributed by atoms with Crippen LogP contribution < -0.4 is 11.5 Å². The van der Waals surface area contributed by atoms with E-state index in [2.05, 4.69) is 21.0 Å². The van der Waals surface area contributed by atoms with E-state index in [1.165, 1.54) is 4.68 Å². The van der Waals surface area contributed by atoms with Gasteiger partial charge in [-0.2, -0.15) is 0 Å². The highest BCUT2D eigenvalue weighted by molar-refractivity contribution is 9.10. The van der Waals surface area contributed by atoms with Crippen molar-refractivity contribution in [2.24, 2.45) is 0 Å². The third-order valence-electron chi connectivity index (χ3n) is 2.18. The summed E-state index contributed by atoms with van der Waals surface area (Å²) in [5.41, 5.74) is 12.3. The van der Waals surface area contributed by atoms with Crippen molar-refractivity contribution >= 4 is 33.9 Å².